The van der Waals surface area contributed by atoms with Crippen molar-refractivity contribution in [3.05, 3.63) is 12.3 Å². The monoisotopic (exact) mass is 177 g/mol. The van der Waals surface area contributed by atoms with Crippen molar-refractivity contribution in [3.8, 4) is 0 Å². The van der Waals surface area contributed by atoms with E-state index < -0.39 is 0 Å². The average molecular weight is 178 g/mol. The molecule has 1 atom stereocenters. The van der Waals surface area contributed by atoms with Gasteiger partial charge in [-0.15, -0.1) is 5.48 Å². The van der Waals surface area contributed by atoms with Crippen LogP contribution in [-0.2, 0) is 4.84 Å². The topological polar surface area (TPSA) is 21.3 Å². The van der Waals surface area contributed by atoms with Crippen LogP contribution in [-0.4, -0.2) is 10.9 Å². The third-order valence-corrected chi connectivity index (χ3v) is 2.24. The summed E-state index contributed by atoms with van der Waals surface area (Å²) in [6, 6.07) is 0. The molecule has 1 heterocycles. The maximum Gasteiger partial charge on any atom is 0.109 e. The highest BCUT2D eigenvalue weighted by Gasteiger charge is 2.22. The van der Waals surface area contributed by atoms with E-state index in [2.05, 4.69) is 21.4 Å². The Morgan fingerprint density at radius 3 is 2.88 bits per heavy atom. The summed E-state index contributed by atoms with van der Waals surface area (Å²) in [5.41, 5.74) is 2.82. The van der Waals surface area contributed by atoms with Crippen LogP contribution in [0.15, 0.2) is 12.3 Å². The summed E-state index contributed by atoms with van der Waals surface area (Å²) in [4.78, 5) is 4.79. The quantitative estimate of drug-likeness (QED) is 0.609. The van der Waals surface area contributed by atoms with Crippen LogP contribution in [0.5, 0.6) is 0 Å². The second-order valence-corrected chi connectivity index (χ2v) is 2.63. The van der Waals surface area contributed by atoms with Crippen molar-refractivity contribution in [2.24, 2.45) is 0 Å². The van der Waals surface area contributed by atoms with Crippen LogP contribution in [0.25, 0.3) is 0 Å². The lowest BCUT2D eigenvalue weighted by atomic mass is 10.1. The first kappa shape index (κ1) is 6.11. The Labute approximate surface area is 57.0 Å². The summed E-state index contributed by atoms with van der Waals surface area (Å²) in [6.07, 6.45) is 3.63. The van der Waals surface area contributed by atoms with E-state index in [1.54, 1.807) is 6.26 Å². The number of nitrogens with one attached hydrogen (secondary N) is 1. The standard InChI is InChI=1S/C5H8BrNO/c1-5(4-6)2-3-8-7-5/h2-3,7H,4H2,1H3. The highest BCUT2D eigenvalue weighted by atomic mass is 79.9. The summed E-state index contributed by atoms with van der Waals surface area (Å²) >= 11 is 3.34. The summed E-state index contributed by atoms with van der Waals surface area (Å²) in [5.74, 6) is 0. The predicted octanol–water partition coefficient (Wildman–Crippen LogP) is 1.19. The second kappa shape index (κ2) is 2.07. The van der Waals surface area contributed by atoms with Gasteiger partial charge in [0, 0.05) is 5.33 Å². The van der Waals surface area contributed by atoms with Crippen molar-refractivity contribution >= 4 is 15.9 Å². The molecule has 1 aliphatic heterocycles. The molecule has 0 bridgehead atoms. The molecule has 0 spiro atoms. The zero-order valence-electron chi connectivity index (χ0n) is 4.65. The van der Waals surface area contributed by atoms with Crippen LogP contribution in [0, 0.1) is 0 Å². The number of alkyl halides is 1. The van der Waals surface area contributed by atoms with Crippen LogP contribution in [0.3, 0.4) is 0 Å². The zero-order valence-corrected chi connectivity index (χ0v) is 6.23. The lowest BCUT2D eigenvalue weighted by Crippen LogP contribution is -2.36. The maximum atomic E-state index is 4.79. The molecule has 0 aliphatic carbocycles. The van der Waals surface area contributed by atoms with E-state index in [1.807, 2.05) is 13.0 Å². The third kappa shape index (κ3) is 1.03. The van der Waals surface area contributed by atoms with Gasteiger partial charge in [0.05, 0.1) is 5.54 Å². The van der Waals surface area contributed by atoms with Gasteiger partial charge < -0.3 is 4.84 Å². The smallest absolute Gasteiger partial charge is 0.109 e. The molecule has 0 aromatic heterocycles. The molecule has 0 aromatic carbocycles. The first-order chi connectivity index (χ1) is 3.77. The van der Waals surface area contributed by atoms with Gasteiger partial charge in [0.2, 0.25) is 0 Å². The van der Waals surface area contributed by atoms with Gasteiger partial charge in [-0.1, -0.05) is 15.9 Å². The Morgan fingerprint density at radius 1 is 1.88 bits per heavy atom. The predicted molar refractivity (Wildman–Crippen MR) is 35.6 cm³/mol. The summed E-state index contributed by atoms with van der Waals surface area (Å²) in [6.45, 7) is 2.05. The van der Waals surface area contributed by atoms with Crippen LogP contribution < -0.4 is 5.48 Å². The molecule has 8 heavy (non-hydrogen) atoms. The summed E-state index contributed by atoms with van der Waals surface area (Å²) < 4.78 is 0. The fourth-order valence-corrected chi connectivity index (χ4v) is 0.760. The minimum atomic E-state index is 0. The highest BCUT2D eigenvalue weighted by Crippen LogP contribution is 2.13. The molecule has 0 amide bonds. The molecule has 2 nitrogen and oxygen atoms in total. The fraction of sp³-hybridized carbons (Fsp3) is 0.600. The SMILES string of the molecule is CC1(CBr)C=CON1. The Kier molecular flexibility index (Phi) is 1.58. The lowest BCUT2D eigenvalue weighted by Gasteiger charge is -2.15. The Morgan fingerprint density at radius 2 is 2.62 bits per heavy atom. The van der Waals surface area contributed by atoms with Gasteiger partial charge in [0.25, 0.3) is 0 Å². The van der Waals surface area contributed by atoms with Gasteiger partial charge >= 0.3 is 0 Å². The first-order valence-corrected chi connectivity index (χ1v) is 3.55. The molecule has 0 saturated heterocycles. The van der Waals surface area contributed by atoms with Crippen LogP contribution >= 0.6 is 15.9 Å². The van der Waals surface area contributed by atoms with Crippen molar-refractivity contribution in [2.75, 3.05) is 5.33 Å². The molecule has 3 heteroatoms. The average Bonchev–Trinajstić information content (AvgIpc) is 2.17. The summed E-state index contributed by atoms with van der Waals surface area (Å²) in [5, 5.41) is 0.872. The maximum absolute atomic E-state index is 4.79. The molecule has 0 saturated carbocycles. The molecule has 0 fully saturated rings. The van der Waals surface area contributed by atoms with Gasteiger partial charge in [-0.25, -0.2) is 0 Å². The molecule has 1 unspecified atom stereocenters. The lowest BCUT2D eigenvalue weighted by molar-refractivity contribution is 0.115. The van der Waals surface area contributed by atoms with E-state index in [-0.39, 0.29) is 5.54 Å². The fourth-order valence-electron chi connectivity index (χ4n) is 0.459. The minimum Gasteiger partial charge on any atom is -0.416 e. The third-order valence-electron chi connectivity index (χ3n) is 1.07. The number of rotatable bonds is 1. The molecular weight excluding hydrogens is 170 g/mol. The second-order valence-electron chi connectivity index (χ2n) is 2.07. The zero-order chi connectivity index (χ0) is 6.04. The van der Waals surface area contributed by atoms with Crippen molar-refractivity contribution in [2.45, 2.75) is 12.5 Å². The van der Waals surface area contributed by atoms with E-state index in [0.717, 1.165) is 5.33 Å². The van der Waals surface area contributed by atoms with Crippen molar-refractivity contribution in [3.63, 3.8) is 0 Å². The Balaban J connectivity index is 2.54. The van der Waals surface area contributed by atoms with E-state index in [4.69, 9.17) is 4.84 Å². The van der Waals surface area contributed by atoms with E-state index in [9.17, 15) is 0 Å². The number of halogens is 1. The number of hydroxylamine groups is 1. The van der Waals surface area contributed by atoms with E-state index in [1.165, 1.54) is 0 Å². The van der Waals surface area contributed by atoms with Crippen molar-refractivity contribution in [1.82, 2.24) is 5.48 Å². The number of hydrogen-bond acceptors (Lipinski definition) is 2. The molecule has 1 N–H and O–H groups in total. The minimum absolute atomic E-state index is 0. The molecule has 1 aliphatic rings. The molecule has 0 radical (unpaired) electrons. The molecule has 0 aromatic rings. The Bertz CT molecular complexity index is 115. The highest BCUT2D eigenvalue weighted by molar-refractivity contribution is 9.09. The van der Waals surface area contributed by atoms with Gasteiger partial charge in [0.1, 0.15) is 6.26 Å². The number of hydrogen-bond donors (Lipinski definition) is 1. The molecular formula is C5H8BrNO. The van der Waals surface area contributed by atoms with Crippen molar-refractivity contribution in [1.29, 1.82) is 0 Å². The van der Waals surface area contributed by atoms with E-state index in [0.29, 0.717) is 0 Å². The van der Waals surface area contributed by atoms with Crippen molar-refractivity contribution < 1.29 is 4.84 Å². The van der Waals surface area contributed by atoms with Crippen LogP contribution in [0.1, 0.15) is 6.92 Å². The largest absolute Gasteiger partial charge is 0.416 e. The van der Waals surface area contributed by atoms with Gasteiger partial charge in [-0.05, 0) is 13.0 Å². The molecule has 1 rings (SSSR count). The van der Waals surface area contributed by atoms with Crippen LogP contribution in [0.4, 0.5) is 0 Å². The summed E-state index contributed by atoms with van der Waals surface area (Å²) in [7, 11) is 0. The normalized spacial score (nSPS) is 35.2. The first-order valence-electron chi connectivity index (χ1n) is 2.43. The van der Waals surface area contributed by atoms with E-state index >= 15 is 0 Å². The van der Waals surface area contributed by atoms with Gasteiger partial charge in [-0.2, -0.15) is 0 Å². The Hall–Kier alpha value is -0.0200. The van der Waals surface area contributed by atoms with Gasteiger partial charge in [-0.3, -0.25) is 0 Å². The molecule has 46 valence electrons. The van der Waals surface area contributed by atoms with Gasteiger partial charge in [0.15, 0.2) is 0 Å². The van der Waals surface area contributed by atoms with Crippen LogP contribution in [0.2, 0.25) is 0 Å².